The molecule has 1 saturated heterocycles. The molecule has 21 heavy (non-hydrogen) atoms. The van der Waals surface area contributed by atoms with Gasteiger partial charge in [-0.1, -0.05) is 13.8 Å². The SMILES string of the molecule is CC(C)CC(CN(C)C)NC(=O)N1CCOCC1C(=O)O. The number of amides is 2. The van der Waals surface area contributed by atoms with Gasteiger partial charge in [0.15, 0.2) is 6.04 Å². The number of carbonyl (C=O) groups is 2. The van der Waals surface area contributed by atoms with E-state index in [1.807, 2.05) is 19.0 Å². The van der Waals surface area contributed by atoms with Crippen molar-refractivity contribution in [2.24, 2.45) is 5.92 Å². The second-order valence-corrected chi connectivity index (χ2v) is 6.16. The van der Waals surface area contributed by atoms with Gasteiger partial charge in [0.1, 0.15) is 0 Å². The van der Waals surface area contributed by atoms with Gasteiger partial charge in [-0.3, -0.25) is 0 Å². The molecule has 0 aromatic carbocycles. The molecule has 2 atom stereocenters. The molecule has 2 amide bonds. The zero-order valence-electron chi connectivity index (χ0n) is 13.3. The van der Waals surface area contributed by atoms with Crippen LogP contribution >= 0.6 is 0 Å². The number of morpholine rings is 1. The number of carbonyl (C=O) groups excluding carboxylic acids is 1. The van der Waals surface area contributed by atoms with Gasteiger partial charge in [0.25, 0.3) is 0 Å². The minimum Gasteiger partial charge on any atom is -0.480 e. The molecule has 7 heteroatoms. The number of nitrogens with one attached hydrogen (secondary N) is 1. The maximum atomic E-state index is 12.4. The fraction of sp³-hybridized carbons (Fsp3) is 0.857. The first-order chi connectivity index (χ1) is 9.81. The number of aliphatic carboxylic acids is 1. The van der Waals surface area contributed by atoms with Crippen molar-refractivity contribution >= 4 is 12.0 Å². The third kappa shape index (κ3) is 5.89. The predicted molar refractivity (Wildman–Crippen MR) is 79.3 cm³/mol. The Morgan fingerprint density at radius 2 is 2.10 bits per heavy atom. The summed E-state index contributed by atoms with van der Waals surface area (Å²) in [6.07, 6.45) is 0.853. The van der Waals surface area contributed by atoms with Crippen LogP contribution in [0.2, 0.25) is 0 Å². The number of carboxylic acid groups (broad SMARTS) is 1. The summed E-state index contributed by atoms with van der Waals surface area (Å²) in [4.78, 5) is 26.9. The van der Waals surface area contributed by atoms with Crippen LogP contribution in [0.15, 0.2) is 0 Å². The lowest BCUT2D eigenvalue weighted by Gasteiger charge is -2.34. The molecular formula is C14H27N3O4. The largest absolute Gasteiger partial charge is 0.480 e. The van der Waals surface area contributed by atoms with E-state index in [0.29, 0.717) is 19.1 Å². The van der Waals surface area contributed by atoms with Crippen LogP contribution in [-0.4, -0.2) is 79.4 Å². The third-order valence-electron chi connectivity index (χ3n) is 3.34. The summed E-state index contributed by atoms with van der Waals surface area (Å²) in [6.45, 7) is 5.66. The topological polar surface area (TPSA) is 82.1 Å². The molecule has 0 saturated carbocycles. The number of hydrogen-bond acceptors (Lipinski definition) is 4. The first-order valence-corrected chi connectivity index (χ1v) is 7.33. The first kappa shape index (κ1) is 17.7. The summed E-state index contributed by atoms with van der Waals surface area (Å²) in [5, 5.41) is 12.1. The molecule has 7 nitrogen and oxygen atoms in total. The van der Waals surface area contributed by atoms with Crippen LogP contribution in [0.25, 0.3) is 0 Å². The van der Waals surface area contributed by atoms with E-state index in [1.54, 1.807) is 0 Å². The highest BCUT2D eigenvalue weighted by Gasteiger charge is 2.33. The highest BCUT2D eigenvalue weighted by molar-refractivity contribution is 5.83. The minimum atomic E-state index is -1.03. The fourth-order valence-electron chi connectivity index (χ4n) is 2.50. The zero-order valence-corrected chi connectivity index (χ0v) is 13.3. The Labute approximate surface area is 126 Å². The van der Waals surface area contributed by atoms with Crippen LogP contribution in [0.3, 0.4) is 0 Å². The van der Waals surface area contributed by atoms with Gasteiger partial charge < -0.3 is 25.0 Å². The molecule has 2 N–H and O–H groups in total. The average Bonchev–Trinajstić information content (AvgIpc) is 2.36. The second-order valence-electron chi connectivity index (χ2n) is 6.16. The molecular weight excluding hydrogens is 274 g/mol. The maximum absolute atomic E-state index is 12.4. The number of rotatable bonds is 6. The summed E-state index contributed by atoms with van der Waals surface area (Å²) in [7, 11) is 3.91. The standard InChI is InChI=1S/C14H27N3O4/c1-10(2)7-11(8-16(3)4)15-14(20)17-5-6-21-9-12(17)13(18)19/h10-12H,5-9H2,1-4H3,(H,15,20)(H,18,19). The molecule has 122 valence electrons. The lowest BCUT2D eigenvalue weighted by atomic mass is 10.0. The van der Waals surface area contributed by atoms with Gasteiger partial charge in [-0.05, 0) is 26.4 Å². The van der Waals surface area contributed by atoms with E-state index >= 15 is 0 Å². The van der Waals surface area contributed by atoms with E-state index in [0.717, 1.165) is 13.0 Å². The summed E-state index contributed by atoms with van der Waals surface area (Å²) in [5.74, 6) is -0.576. The van der Waals surface area contributed by atoms with Gasteiger partial charge in [-0.15, -0.1) is 0 Å². The van der Waals surface area contributed by atoms with E-state index in [-0.39, 0.29) is 18.7 Å². The Hall–Kier alpha value is -1.34. The molecule has 2 unspecified atom stereocenters. The van der Waals surface area contributed by atoms with Crippen molar-refractivity contribution in [2.45, 2.75) is 32.4 Å². The number of carboxylic acids is 1. The van der Waals surface area contributed by atoms with Crippen molar-refractivity contribution in [2.75, 3.05) is 40.4 Å². The van der Waals surface area contributed by atoms with Crippen LogP contribution in [0.1, 0.15) is 20.3 Å². The fourth-order valence-corrected chi connectivity index (χ4v) is 2.50. The highest BCUT2D eigenvalue weighted by Crippen LogP contribution is 2.10. The normalized spacial score (nSPS) is 20.7. The third-order valence-corrected chi connectivity index (χ3v) is 3.34. The molecule has 0 aromatic rings. The van der Waals surface area contributed by atoms with Crippen molar-refractivity contribution < 1.29 is 19.4 Å². The summed E-state index contributed by atoms with van der Waals surface area (Å²) >= 11 is 0. The van der Waals surface area contributed by atoms with Crippen LogP contribution < -0.4 is 5.32 Å². The summed E-state index contributed by atoms with van der Waals surface area (Å²) in [5.41, 5.74) is 0. The molecule has 0 aromatic heterocycles. The first-order valence-electron chi connectivity index (χ1n) is 7.33. The number of hydrogen-bond donors (Lipinski definition) is 2. The quantitative estimate of drug-likeness (QED) is 0.745. The number of likely N-dealkylation sites (N-methyl/N-ethyl adjacent to an activating group) is 1. The van der Waals surface area contributed by atoms with E-state index in [2.05, 4.69) is 19.2 Å². The van der Waals surface area contributed by atoms with E-state index in [9.17, 15) is 14.7 Å². The predicted octanol–water partition coefficient (Wildman–Crippen LogP) is 0.458. The molecule has 1 heterocycles. The van der Waals surface area contributed by atoms with E-state index in [1.165, 1.54) is 4.90 Å². The highest BCUT2D eigenvalue weighted by atomic mass is 16.5. The summed E-state index contributed by atoms with van der Waals surface area (Å²) < 4.78 is 5.15. The van der Waals surface area contributed by atoms with Crippen molar-refractivity contribution in [1.82, 2.24) is 15.1 Å². The van der Waals surface area contributed by atoms with Crippen molar-refractivity contribution in [3.8, 4) is 0 Å². The van der Waals surface area contributed by atoms with Gasteiger partial charge >= 0.3 is 12.0 Å². The molecule has 0 aliphatic carbocycles. The van der Waals surface area contributed by atoms with Crippen LogP contribution in [0, 0.1) is 5.92 Å². The maximum Gasteiger partial charge on any atom is 0.328 e. The smallest absolute Gasteiger partial charge is 0.328 e. The van der Waals surface area contributed by atoms with Crippen LogP contribution in [0.5, 0.6) is 0 Å². The van der Waals surface area contributed by atoms with Crippen molar-refractivity contribution in [1.29, 1.82) is 0 Å². The van der Waals surface area contributed by atoms with Gasteiger partial charge in [0.05, 0.1) is 13.2 Å². The molecule has 1 aliphatic rings. The van der Waals surface area contributed by atoms with Gasteiger partial charge in [-0.25, -0.2) is 9.59 Å². The molecule has 1 rings (SSSR count). The Morgan fingerprint density at radius 1 is 1.43 bits per heavy atom. The molecule has 0 bridgehead atoms. The average molecular weight is 301 g/mol. The Morgan fingerprint density at radius 3 is 2.62 bits per heavy atom. The van der Waals surface area contributed by atoms with Gasteiger partial charge in [-0.2, -0.15) is 0 Å². The van der Waals surface area contributed by atoms with Crippen molar-refractivity contribution in [3.05, 3.63) is 0 Å². The number of urea groups is 1. The Bertz CT molecular complexity index is 350. The zero-order chi connectivity index (χ0) is 16.0. The van der Waals surface area contributed by atoms with Gasteiger partial charge in [0.2, 0.25) is 0 Å². The monoisotopic (exact) mass is 301 g/mol. The Balaban J connectivity index is 2.67. The van der Waals surface area contributed by atoms with E-state index < -0.39 is 12.0 Å². The van der Waals surface area contributed by atoms with Crippen LogP contribution in [-0.2, 0) is 9.53 Å². The number of ether oxygens (including phenoxy) is 1. The molecule has 0 spiro atoms. The molecule has 0 radical (unpaired) electrons. The lowest BCUT2D eigenvalue weighted by Crippen LogP contribution is -2.58. The number of nitrogens with zero attached hydrogens (tertiary/aromatic N) is 2. The van der Waals surface area contributed by atoms with Crippen molar-refractivity contribution in [3.63, 3.8) is 0 Å². The minimum absolute atomic E-state index is 0.00443. The van der Waals surface area contributed by atoms with E-state index in [4.69, 9.17) is 4.74 Å². The molecule has 1 fully saturated rings. The Kier molecular flexibility index (Phi) is 6.91. The lowest BCUT2D eigenvalue weighted by molar-refractivity contribution is -0.147. The van der Waals surface area contributed by atoms with Crippen LogP contribution in [0.4, 0.5) is 4.79 Å². The van der Waals surface area contributed by atoms with Gasteiger partial charge in [0, 0.05) is 19.1 Å². The second kappa shape index (κ2) is 8.19. The molecule has 1 aliphatic heterocycles. The summed E-state index contributed by atoms with van der Waals surface area (Å²) in [6, 6.07) is -1.22.